The molecule has 8 heteroatoms. The van der Waals surface area contributed by atoms with Crippen molar-refractivity contribution in [3.05, 3.63) is 95.3 Å². The van der Waals surface area contributed by atoms with Crippen molar-refractivity contribution in [2.24, 2.45) is 0 Å². The summed E-state index contributed by atoms with van der Waals surface area (Å²) in [6.07, 6.45) is 0.242. The predicted molar refractivity (Wildman–Crippen MR) is 118 cm³/mol. The maximum absolute atomic E-state index is 12.3. The Kier molecular flexibility index (Phi) is 6.49. The number of hydrogen-bond acceptors (Lipinski definition) is 5. The number of carbonyl (C=O) groups is 1. The van der Waals surface area contributed by atoms with Gasteiger partial charge in [0.1, 0.15) is 11.5 Å². The molecule has 1 heterocycles. The van der Waals surface area contributed by atoms with Crippen molar-refractivity contribution in [1.82, 2.24) is 5.27 Å². The Labute approximate surface area is 182 Å². The van der Waals surface area contributed by atoms with Crippen LogP contribution in [-0.4, -0.2) is 16.9 Å². The van der Waals surface area contributed by atoms with Gasteiger partial charge in [-0.15, -0.1) is 0 Å². The number of para-hydroxylation sites is 2. The molecule has 0 spiro atoms. The number of anilines is 1. The van der Waals surface area contributed by atoms with E-state index in [1.807, 2.05) is 60.7 Å². The summed E-state index contributed by atoms with van der Waals surface area (Å²) in [6.45, 7) is 0. The fourth-order valence-corrected chi connectivity index (χ4v) is 3.74. The van der Waals surface area contributed by atoms with Crippen molar-refractivity contribution >= 4 is 23.4 Å². The Morgan fingerprint density at radius 1 is 0.935 bits per heavy atom. The van der Waals surface area contributed by atoms with E-state index in [9.17, 15) is 9.59 Å². The highest BCUT2D eigenvalue weighted by Crippen LogP contribution is 2.22. The van der Waals surface area contributed by atoms with Gasteiger partial charge < -0.3 is 10.1 Å². The Balaban J connectivity index is 1.29. The third kappa shape index (κ3) is 5.43. The van der Waals surface area contributed by atoms with Gasteiger partial charge in [0.05, 0.1) is 0 Å². The number of aromatic amines is 1. The molecule has 2 N–H and O–H groups in total. The van der Waals surface area contributed by atoms with Crippen molar-refractivity contribution in [3.8, 4) is 17.2 Å². The van der Waals surface area contributed by atoms with Gasteiger partial charge in [0.2, 0.25) is 11.6 Å². The van der Waals surface area contributed by atoms with Crippen LogP contribution in [0.15, 0.2) is 99.3 Å². The number of amides is 1. The molecular formula is C23H20N3O4S+. The van der Waals surface area contributed by atoms with Gasteiger partial charge in [-0.05, 0) is 58.1 Å². The number of H-pyrrole nitrogens is 1. The third-order valence-electron chi connectivity index (χ3n) is 4.31. The van der Waals surface area contributed by atoms with E-state index in [1.54, 1.807) is 28.9 Å². The second-order valence-electron chi connectivity index (χ2n) is 6.54. The fraction of sp³-hybridized carbons (Fsp3) is 0.0870. The van der Waals surface area contributed by atoms with Crippen LogP contribution in [0, 0.1) is 0 Å². The molecule has 0 aliphatic carbocycles. The summed E-state index contributed by atoms with van der Waals surface area (Å²) in [5.74, 6) is 1.72. The quantitative estimate of drug-likeness (QED) is 0.321. The normalized spacial score (nSPS) is 10.6. The van der Waals surface area contributed by atoms with Crippen LogP contribution in [0.2, 0.25) is 0 Å². The van der Waals surface area contributed by atoms with E-state index in [1.165, 1.54) is 11.8 Å². The van der Waals surface area contributed by atoms with Crippen LogP contribution in [0.1, 0.15) is 6.42 Å². The molecule has 156 valence electrons. The van der Waals surface area contributed by atoms with Gasteiger partial charge in [-0.1, -0.05) is 36.4 Å². The van der Waals surface area contributed by atoms with E-state index >= 15 is 0 Å². The van der Waals surface area contributed by atoms with Gasteiger partial charge in [0, 0.05) is 30.0 Å². The minimum atomic E-state index is -0.469. The van der Waals surface area contributed by atoms with Crippen LogP contribution in [0.3, 0.4) is 0 Å². The van der Waals surface area contributed by atoms with E-state index in [2.05, 4.69) is 10.6 Å². The van der Waals surface area contributed by atoms with E-state index in [-0.39, 0.29) is 12.3 Å². The van der Waals surface area contributed by atoms with E-state index < -0.39 is 5.63 Å². The Morgan fingerprint density at radius 2 is 1.58 bits per heavy atom. The number of thioether (sulfide) groups is 1. The molecule has 1 amide bonds. The smallest absolute Gasteiger partial charge is 0.442 e. The first-order valence-corrected chi connectivity index (χ1v) is 10.6. The van der Waals surface area contributed by atoms with Crippen molar-refractivity contribution in [2.75, 3.05) is 11.1 Å². The number of nitrogens with zero attached hydrogens (tertiary/aromatic N) is 1. The molecule has 3 aromatic carbocycles. The van der Waals surface area contributed by atoms with Crippen molar-refractivity contribution in [2.45, 2.75) is 11.4 Å². The summed E-state index contributed by atoms with van der Waals surface area (Å²) in [5.41, 5.74) is 0.984. The number of nitrogens with one attached hydrogen (secondary N) is 2. The second kappa shape index (κ2) is 9.82. The summed E-state index contributed by atoms with van der Waals surface area (Å²) in [6, 6.07) is 26.0. The van der Waals surface area contributed by atoms with Crippen LogP contribution in [-0.2, 0) is 4.79 Å². The SMILES string of the molecule is O=C(CCSc1c(=O)o[nH][n+]1-c1ccccc1)Nc1ccc(Oc2ccccc2)cc1. The van der Waals surface area contributed by atoms with Crippen LogP contribution in [0.5, 0.6) is 11.5 Å². The molecule has 0 saturated carbocycles. The minimum absolute atomic E-state index is 0.143. The van der Waals surface area contributed by atoms with Gasteiger partial charge in [0.15, 0.2) is 0 Å². The lowest BCUT2D eigenvalue weighted by atomic mass is 10.3. The molecule has 0 atom stereocenters. The lowest BCUT2D eigenvalue weighted by Crippen LogP contribution is -2.36. The zero-order chi connectivity index (χ0) is 21.5. The van der Waals surface area contributed by atoms with Crippen LogP contribution >= 0.6 is 11.8 Å². The molecule has 0 radical (unpaired) electrons. The number of rotatable bonds is 8. The van der Waals surface area contributed by atoms with Gasteiger partial charge in [-0.25, -0.2) is 4.79 Å². The molecule has 1 aromatic heterocycles. The summed E-state index contributed by atoms with van der Waals surface area (Å²) < 4.78 is 12.2. The Morgan fingerprint density at radius 3 is 2.29 bits per heavy atom. The predicted octanol–water partition coefficient (Wildman–Crippen LogP) is 4.16. The summed E-state index contributed by atoms with van der Waals surface area (Å²) in [5, 5.41) is 5.83. The van der Waals surface area contributed by atoms with E-state index in [0.717, 1.165) is 11.4 Å². The summed E-state index contributed by atoms with van der Waals surface area (Å²) in [7, 11) is 0. The van der Waals surface area contributed by atoms with Crippen LogP contribution in [0.4, 0.5) is 5.69 Å². The Hall–Kier alpha value is -3.78. The van der Waals surface area contributed by atoms with Crippen molar-refractivity contribution < 1.29 is 18.7 Å². The average Bonchev–Trinajstić information content (AvgIpc) is 3.17. The molecular weight excluding hydrogens is 414 g/mol. The average molecular weight is 434 g/mol. The largest absolute Gasteiger partial charge is 0.457 e. The first kappa shape index (κ1) is 20.5. The maximum atomic E-state index is 12.3. The van der Waals surface area contributed by atoms with Crippen molar-refractivity contribution in [1.29, 1.82) is 0 Å². The number of benzene rings is 3. The zero-order valence-corrected chi connectivity index (χ0v) is 17.3. The van der Waals surface area contributed by atoms with E-state index in [4.69, 9.17) is 9.26 Å². The maximum Gasteiger partial charge on any atom is 0.442 e. The molecule has 0 unspecified atom stereocenters. The van der Waals surface area contributed by atoms with Gasteiger partial charge in [0.25, 0.3) is 0 Å². The third-order valence-corrected chi connectivity index (χ3v) is 5.34. The second-order valence-corrected chi connectivity index (χ2v) is 7.63. The van der Waals surface area contributed by atoms with E-state index in [0.29, 0.717) is 22.2 Å². The first-order valence-electron chi connectivity index (χ1n) is 9.63. The standard InChI is InChI=1S/C23H19N3O4S/c27-21(24-17-11-13-20(14-12-17)29-19-9-5-2-6-10-19)15-16-31-22-23(28)30-25-26(22)18-7-3-1-4-8-18/h1-14H,15-16H2,(H-,24,25,27,28)/p+1. The van der Waals surface area contributed by atoms with Crippen LogP contribution in [0.25, 0.3) is 5.69 Å². The molecule has 0 fully saturated rings. The summed E-state index contributed by atoms with van der Waals surface area (Å²) in [4.78, 5) is 24.3. The number of hydrogen-bond donors (Lipinski definition) is 2. The monoisotopic (exact) mass is 434 g/mol. The van der Waals surface area contributed by atoms with Gasteiger partial charge >= 0.3 is 10.7 Å². The lowest BCUT2D eigenvalue weighted by molar-refractivity contribution is -0.704. The highest BCUT2D eigenvalue weighted by Gasteiger charge is 2.23. The molecule has 4 aromatic rings. The molecule has 31 heavy (non-hydrogen) atoms. The minimum Gasteiger partial charge on any atom is -0.457 e. The number of carbonyl (C=O) groups excluding carboxylic acids is 1. The fourth-order valence-electron chi connectivity index (χ4n) is 2.83. The zero-order valence-electron chi connectivity index (χ0n) is 16.5. The highest BCUT2D eigenvalue weighted by molar-refractivity contribution is 7.99. The molecule has 0 bridgehead atoms. The number of ether oxygens (including phenoxy) is 1. The first-order chi connectivity index (χ1) is 15.2. The molecule has 0 aliphatic heterocycles. The van der Waals surface area contributed by atoms with Crippen molar-refractivity contribution in [3.63, 3.8) is 0 Å². The lowest BCUT2D eigenvalue weighted by Gasteiger charge is -2.08. The number of aromatic nitrogens is 2. The molecule has 0 saturated heterocycles. The molecule has 7 nitrogen and oxygen atoms in total. The van der Waals surface area contributed by atoms with Gasteiger partial charge in [-0.3, -0.25) is 9.32 Å². The molecule has 4 rings (SSSR count). The van der Waals surface area contributed by atoms with Crippen LogP contribution < -0.4 is 20.4 Å². The highest BCUT2D eigenvalue weighted by atomic mass is 32.2. The molecule has 0 aliphatic rings. The summed E-state index contributed by atoms with van der Waals surface area (Å²) >= 11 is 1.26. The van der Waals surface area contributed by atoms with Gasteiger partial charge in [-0.2, -0.15) is 0 Å². The topological polar surface area (TPSA) is 88.2 Å². The Bertz CT molecular complexity index is 1190.